The van der Waals surface area contributed by atoms with Crippen LogP contribution in [-0.2, 0) is 0 Å². The highest BCUT2D eigenvalue weighted by Crippen LogP contribution is 2.31. The van der Waals surface area contributed by atoms with Crippen molar-refractivity contribution < 1.29 is 0 Å². The standard InChI is InChI=1S/C15H18ClN3/c1-10(2)11-7-8-19(9-11)14-12-5-3-4-6-13(12)17-15(16)18-14/h3-6,10-11H,7-9H2,1-2H3. The molecule has 3 rings (SSSR count). The SMILES string of the molecule is CC(C)C1CCN(c2nc(Cl)nc3ccccc23)C1. The molecule has 1 aromatic heterocycles. The molecule has 1 aromatic carbocycles. The lowest BCUT2D eigenvalue weighted by molar-refractivity contribution is 0.422. The van der Waals surface area contributed by atoms with E-state index >= 15 is 0 Å². The van der Waals surface area contributed by atoms with Gasteiger partial charge in [-0.1, -0.05) is 26.0 Å². The number of aromatic nitrogens is 2. The molecule has 4 heteroatoms. The third-order valence-electron chi connectivity index (χ3n) is 4.02. The van der Waals surface area contributed by atoms with E-state index in [2.05, 4.69) is 34.8 Å². The number of benzene rings is 1. The smallest absolute Gasteiger partial charge is 0.224 e. The fourth-order valence-electron chi connectivity index (χ4n) is 2.80. The van der Waals surface area contributed by atoms with Crippen LogP contribution in [0.15, 0.2) is 24.3 Å². The highest BCUT2D eigenvalue weighted by Gasteiger charge is 2.27. The Morgan fingerprint density at radius 3 is 2.79 bits per heavy atom. The second-order valence-electron chi connectivity index (χ2n) is 5.57. The first-order chi connectivity index (χ1) is 9.15. The summed E-state index contributed by atoms with van der Waals surface area (Å²) in [7, 11) is 0. The van der Waals surface area contributed by atoms with Crippen LogP contribution in [-0.4, -0.2) is 23.1 Å². The summed E-state index contributed by atoms with van der Waals surface area (Å²) in [5.74, 6) is 2.44. The number of fused-ring (bicyclic) bond motifs is 1. The van der Waals surface area contributed by atoms with Crippen molar-refractivity contribution in [3.8, 4) is 0 Å². The molecule has 1 aliphatic heterocycles. The number of rotatable bonds is 2. The van der Waals surface area contributed by atoms with Crippen LogP contribution in [0.25, 0.3) is 10.9 Å². The van der Waals surface area contributed by atoms with Gasteiger partial charge in [0, 0.05) is 18.5 Å². The lowest BCUT2D eigenvalue weighted by atomic mass is 9.95. The van der Waals surface area contributed by atoms with Crippen molar-refractivity contribution in [2.75, 3.05) is 18.0 Å². The first-order valence-electron chi connectivity index (χ1n) is 6.82. The summed E-state index contributed by atoms with van der Waals surface area (Å²) < 4.78 is 0. The second kappa shape index (κ2) is 4.97. The number of hydrogen-bond acceptors (Lipinski definition) is 3. The monoisotopic (exact) mass is 275 g/mol. The van der Waals surface area contributed by atoms with E-state index in [9.17, 15) is 0 Å². The van der Waals surface area contributed by atoms with Gasteiger partial charge in [-0.05, 0) is 42.0 Å². The maximum absolute atomic E-state index is 6.05. The second-order valence-corrected chi connectivity index (χ2v) is 5.91. The van der Waals surface area contributed by atoms with Crippen LogP contribution < -0.4 is 4.90 Å². The van der Waals surface area contributed by atoms with Crippen LogP contribution >= 0.6 is 11.6 Å². The van der Waals surface area contributed by atoms with E-state index in [0.29, 0.717) is 11.2 Å². The van der Waals surface area contributed by atoms with Crippen molar-refractivity contribution in [2.24, 2.45) is 11.8 Å². The van der Waals surface area contributed by atoms with Gasteiger partial charge in [-0.2, -0.15) is 4.98 Å². The zero-order chi connectivity index (χ0) is 13.4. The minimum absolute atomic E-state index is 0.335. The molecule has 0 bridgehead atoms. The Kier molecular flexibility index (Phi) is 3.31. The molecule has 1 unspecified atom stereocenters. The predicted molar refractivity (Wildman–Crippen MR) is 79.7 cm³/mol. The zero-order valence-electron chi connectivity index (χ0n) is 11.3. The van der Waals surface area contributed by atoms with E-state index in [4.69, 9.17) is 11.6 Å². The van der Waals surface area contributed by atoms with Crippen LogP contribution in [0.5, 0.6) is 0 Å². The van der Waals surface area contributed by atoms with Gasteiger partial charge in [0.2, 0.25) is 5.28 Å². The number of anilines is 1. The van der Waals surface area contributed by atoms with Crippen molar-refractivity contribution >= 4 is 28.3 Å². The van der Waals surface area contributed by atoms with E-state index in [0.717, 1.165) is 35.7 Å². The number of halogens is 1. The van der Waals surface area contributed by atoms with Crippen LogP contribution in [0, 0.1) is 11.8 Å². The fraction of sp³-hybridized carbons (Fsp3) is 0.467. The van der Waals surface area contributed by atoms with Crippen molar-refractivity contribution in [3.05, 3.63) is 29.5 Å². The molecule has 19 heavy (non-hydrogen) atoms. The highest BCUT2D eigenvalue weighted by atomic mass is 35.5. The minimum Gasteiger partial charge on any atom is -0.356 e. The Bertz CT molecular complexity index is 597. The Labute approximate surface area is 118 Å². The topological polar surface area (TPSA) is 29.0 Å². The molecular weight excluding hydrogens is 258 g/mol. The number of nitrogens with zero attached hydrogens (tertiary/aromatic N) is 3. The molecule has 2 heterocycles. The molecular formula is C15H18ClN3. The Balaban J connectivity index is 2.01. The van der Waals surface area contributed by atoms with Crippen molar-refractivity contribution in [2.45, 2.75) is 20.3 Å². The molecule has 1 fully saturated rings. The van der Waals surface area contributed by atoms with Gasteiger partial charge in [0.15, 0.2) is 0 Å². The molecule has 0 amide bonds. The Morgan fingerprint density at radius 2 is 2.05 bits per heavy atom. The summed E-state index contributed by atoms with van der Waals surface area (Å²) in [4.78, 5) is 11.1. The average molecular weight is 276 g/mol. The highest BCUT2D eigenvalue weighted by molar-refractivity contribution is 6.28. The molecule has 1 saturated heterocycles. The zero-order valence-corrected chi connectivity index (χ0v) is 12.1. The van der Waals surface area contributed by atoms with Gasteiger partial charge in [-0.15, -0.1) is 0 Å². The molecule has 1 atom stereocenters. The Morgan fingerprint density at radius 1 is 1.26 bits per heavy atom. The molecule has 0 radical (unpaired) electrons. The van der Waals surface area contributed by atoms with Gasteiger partial charge in [0.05, 0.1) is 5.52 Å². The van der Waals surface area contributed by atoms with Crippen LogP contribution in [0.4, 0.5) is 5.82 Å². The normalized spacial score (nSPS) is 19.6. The van der Waals surface area contributed by atoms with Gasteiger partial charge in [-0.25, -0.2) is 4.98 Å². The molecule has 0 N–H and O–H groups in total. The number of hydrogen-bond donors (Lipinski definition) is 0. The summed E-state index contributed by atoms with van der Waals surface area (Å²) in [5, 5.41) is 1.43. The predicted octanol–water partition coefficient (Wildman–Crippen LogP) is 3.77. The lowest BCUT2D eigenvalue weighted by Crippen LogP contribution is -2.22. The van der Waals surface area contributed by atoms with E-state index < -0.39 is 0 Å². The molecule has 3 nitrogen and oxygen atoms in total. The van der Waals surface area contributed by atoms with Gasteiger partial charge in [0.25, 0.3) is 0 Å². The van der Waals surface area contributed by atoms with Crippen LogP contribution in [0.2, 0.25) is 5.28 Å². The number of para-hydroxylation sites is 1. The lowest BCUT2D eigenvalue weighted by Gasteiger charge is -2.20. The van der Waals surface area contributed by atoms with Gasteiger partial charge in [-0.3, -0.25) is 0 Å². The van der Waals surface area contributed by atoms with Gasteiger partial charge >= 0.3 is 0 Å². The average Bonchev–Trinajstić information content (AvgIpc) is 2.87. The summed E-state index contributed by atoms with van der Waals surface area (Å²) in [5.41, 5.74) is 0.922. The molecule has 2 aromatic rings. The molecule has 0 saturated carbocycles. The molecule has 0 spiro atoms. The van der Waals surface area contributed by atoms with E-state index in [1.165, 1.54) is 6.42 Å². The Hall–Kier alpha value is -1.35. The third-order valence-corrected chi connectivity index (χ3v) is 4.19. The van der Waals surface area contributed by atoms with Gasteiger partial charge in [0.1, 0.15) is 5.82 Å². The first-order valence-corrected chi connectivity index (χ1v) is 7.20. The largest absolute Gasteiger partial charge is 0.356 e. The molecule has 0 aliphatic carbocycles. The van der Waals surface area contributed by atoms with Gasteiger partial charge < -0.3 is 4.90 Å². The summed E-state index contributed by atoms with van der Waals surface area (Å²) in [6.45, 7) is 6.70. The summed E-state index contributed by atoms with van der Waals surface area (Å²) >= 11 is 6.05. The molecule has 100 valence electrons. The third kappa shape index (κ3) is 2.39. The maximum Gasteiger partial charge on any atom is 0.224 e. The quantitative estimate of drug-likeness (QED) is 0.782. The van der Waals surface area contributed by atoms with E-state index in [1.54, 1.807) is 0 Å². The van der Waals surface area contributed by atoms with Crippen LogP contribution in [0.3, 0.4) is 0 Å². The first kappa shape index (κ1) is 12.7. The minimum atomic E-state index is 0.335. The van der Waals surface area contributed by atoms with Crippen molar-refractivity contribution in [3.63, 3.8) is 0 Å². The fourth-order valence-corrected chi connectivity index (χ4v) is 2.97. The molecule has 1 aliphatic rings. The van der Waals surface area contributed by atoms with Crippen molar-refractivity contribution in [1.29, 1.82) is 0 Å². The van der Waals surface area contributed by atoms with Crippen molar-refractivity contribution in [1.82, 2.24) is 9.97 Å². The maximum atomic E-state index is 6.05. The van der Waals surface area contributed by atoms with E-state index in [1.807, 2.05) is 18.2 Å². The summed E-state index contributed by atoms with van der Waals surface area (Å²) in [6.07, 6.45) is 1.23. The summed E-state index contributed by atoms with van der Waals surface area (Å²) in [6, 6.07) is 8.07. The van der Waals surface area contributed by atoms with E-state index in [-0.39, 0.29) is 0 Å². The van der Waals surface area contributed by atoms with Crippen LogP contribution in [0.1, 0.15) is 20.3 Å².